The third kappa shape index (κ3) is 5.63. The Morgan fingerprint density at radius 1 is 1.10 bits per heavy atom. The molecule has 0 spiro atoms. The van der Waals surface area contributed by atoms with Gasteiger partial charge in [0.15, 0.2) is 0 Å². The first kappa shape index (κ1) is 20.5. The van der Waals surface area contributed by atoms with E-state index in [1.165, 1.54) is 13.0 Å². The Labute approximate surface area is 168 Å². The fourth-order valence-electron chi connectivity index (χ4n) is 3.36. The van der Waals surface area contributed by atoms with Crippen LogP contribution in [0.5, 0.6) is 5.75 Å². The molecule has 0 saturated carbocycles. The van der Waals surface area contributed by atoms with Crippen LogP contribution in [0.1, 0.15) is 35.7 Å². The lowest BCUT2D eigenvalue weighted by Crippen LogP contribution is -2.46. The Hall–Kier alpha value is -3.22. The number of esters is 1. The van der Waals surface area contributed by atoms with Crippen LogP contribution in [-0.4, -0.2) is 41.8 Å². The number of ether oxygens (including phenoxy) is 1. The van der Waals surface area contributed by atoms with Crippen molar-refractivity contribution in [3.8, 4) is 5.75 Å². The van der Waals surface area contributed by atoms with Gasteiger partial charge in [-0.3, -0.25) is 14.4 Å². The summed E-state index contributed by atoms with van der Waals surface area (Å²) in [4.78, 5) is 37.7. The molecule has 3 rings (SSSR count). The van der Waals surface area contributed by atoms with Crippen molar-refractivity contribution in [1.82, 2.24) is 10.2 Å². The zero-order chi connectivity index (χ0) is 20.8. The molecule has 0 radical (unpaired) electrons. The average molecular weight is 398 g/mol. The number of benzene rings is 2. The van der Waals surface area contributed by atoms with Gasteiger partial charge < -0.3 is 15.0 Å². The molecule has 1 aliphatic heterocycles. The van der Waals surface area contributed by atoms with Crippen LogP contribution in [0, 0.1) is 5.82 Å². The highest BCUT2D eigenvalue weighted by Gasteiger charge is 2.25. The van der Waals surface area contributed by atoms with Crippen molar-refractivity contribution < 1.29 is 23.5 Å². The molecule has 1 fully saturated rings. The van der Waals surface area contributed by atoms with Crippen molar-refractivity contribution in [2.75, 3.05) is 13.1 Å². The molecule has 152 valence electrons. The van der Waals surface area contributed by atoms with Crippen molar-refractivity contribution in [1.29, 1.82) is 0 Å². The maximum Gasteiger partial charge on any atom is 0.308 e. The first-order valence-electron chi connectivity index (χ1n) is 9.53. The highest BCUT2D eigenvalue weighted by Crippen LogP contribution is 2.18. The molecular formula is C22H23FN2O4. The van der Waals surface area contributed by atoms with Gasteiger partial charge in [-0.2, -0.15) is 0 Å². The lowest BCUT2D eigenvalue weighted by Gasteiger charge is -2.32. The van der Waals surface area contributed by atoms with Crippen LogP contribution in [0.2, 0.25) is 0 Å². The second kappa shape index (κ2) is 9.32. The maximum absolute atomic E-state index is 13.7. The van der Waals surface area contributed by atoms with Gasteiger partial charge in [0.25, 0.3) is 5.91 Å². The van der Waals surface area contributed by atoms with E-state index in [9.17, 15) is 18.8 Å². The normalized spacial score (nSPS) is 14.3. The smallest absolute Gasteiger partial charge is 0.308 e. The predicted molar refractivity (Wildman–Crippen MR) is 105 cm³/mol. The molecule has 0 atom stereocenters. The number of halogens is 1. The minimum atomic E-state index is -0.443. The van der Waals surface area contributed by atoms with Gasteiger partial charge in [-0.1, -0.05) is 24.3 Å². The first-order chi connectivity index (χ1) is 13.9. The van der Waals surface area contributed by atoms with Gasteiger partial charge in [0.1, 0.15) is 11.6 Å². The SMILES string of the molecule is CC(=O)Oc1cccc(C(=O)N2CCC(NC(=O)Cc3ccccc3F)CC2)c1. The van der Waals surface area contributed by atoms with Crippen molar-refractivity contribution in [3.63, 3.8) is 0 Å². The Balaban J connectivity index is 1.51. The summed E-state index contributed by atoms with van der Waals surface area (Å²) < 4.78 is 18.7. The van der Waals surface area contributed by atoms with E-state index in [1.807, 2.05) is 0 Å². The van der Waals surface area contributed by atoms with E-state index in [1.54, 1.807) is 47.4 Å². The summed E-state index contributed by atoms with van der Waals surface area (Å²) in [5.41, 5.74) is 0.816. The van der Waals surface area contributed by atoms with Crippen molar-refractivity contribution >= 4 is 17.8 Å². The number of hydrogen-bond acceptors (Lipinski definition) is 4. The fourth-order valence-corrected chi connectivity index (χ4v) is 3.36. The van der Waals surface area contributed by atoms with Crippen LogP contribution in [0.25, 0.3) is 0 Å². The predicted octanol–water partition coefficient (Wildman–Crippen LogP) is 2.71. The molecule has 0 unspecified atom stereocenters. The van der Waals surface area contributed by atoms with Crippen LogP contribution >= 0.6 is 0 Å². The summed E-state index contributed by atoms with van der Waals surface area (Å²) >= 11 is 0. The number of hydrogen-bond donors (Lipinski definition) is 1. The topological polar surface area (TPSA) is 75.7 Å². The lowest BCUT2D eigenvalue weighted by atomic mass is 10.0. The van der Waals surface area contributed by atoms with E-state index >= 15 is 0 Å². The second-order valence-corrected chi connectivity index (χ2v) is 7.02. The Morgan fingerprint density at radius 2 is 1.83 bits per heavy atom. The molecule has 0 aliphatic carbocycles. The molecule has 1 aliphatic rings. The highest BCUT2D eigenvalue weighted by molar-refractivity contribution is 5.94. The molecule has 6 nitrogen and oxygen atoms in total. The third-order valence-corrected chi connectivity index (χ3v) is 4.80. The minimum Gasteiger partial charge on any atom is -0.427 e. The quantitative estimate of drug-likeness (QED) is 0.621. The molecule has 2 aromatic carbocycles. The number of amides is 2. The largest absolute Gasteiger partial charge is 0.427 e. The number of nitrogens with zero attached hydrogens (tertiary/aromatic N) is 1. The lowest BCUT2D eigenvalue weighted by molar-refractivity contribution is -0.131. The maximum atomic E-state index is 13.7. The summed E-state index contributed by atoms with van der Waals surface area (Å²) in [7, 11) is 0. The Morgan fingerprint density at radius 3 is 2.52 bits per heavy atom. The highest BCUT2D eigenvalue weighted by atomic mass is 19.1. The molecule has 2 amide bonds. The molecule has 1 heterocycles. The number of piperidine rings is 1. The first-order valence-corrected chi connectivity index (χ1v) is 9.53. The number of nitrogens with one attached hydrogen (secondary N) is 1. The van der Waals surface area contributed by atoms with E-state index in [0.717, 1.165) is 0 Å². The van der Waals surface area contributed by atoms with Crippen LogP contribution in [0.3, 0.4) is 0 Å². The van der Waals surface area contributed by atoms with Gasteiger partial charge in [-0.05, 0) is 42.7 Å². The van der Waals surface area contributed by atoms with E-state index < -0.39 is 5.97 Å². The Bertz CT molecular complexity index is 907. The minimum absolute atomic E-state index is 0.00520. The van der Waals surface area contributed by atoms with Crippen LogP contribution in [0.15, 0.2) is 48.5 Å². The Kier molecular flexibility index (Phi) is 6.59. The van der Waals surface area contributed by atoms with Crippen molar-refractivity contribution in [3.05, 3.63) is 65.5 Å². The summed E-state index contributed by atoms with van der Waals surface area (Å²) in [6.07, 6.45) is 1.24. The summed E-state index contributed by atoms with van der Waals surface area (Å²) in [5, 5.41) is 2.92. The fraction of sp³-hybridized carbons (Fsp3) is 0.318. The van der Waals surface area contributed by atoms with Gasteiger partial charge in [0.2, 0.25) is 5.91 Å². The standard InChI is InChI=1S/C22H23FN2O4/c1-15(26)29-19-7-4-6-17(13-19)22(28)25-11-9-18(10-12-25)24-21(27)14-16-5-2-3-8-20(16)23/h2-8,13,18H,9-12,14H2,1H3,(H,24,27). The zero-order valence-electron chi connectivity index (χ0n) is 16.2. The number of likely N-dealkylation sites (tertiary alicyclic amines) is 1. The van der Waals surface area contributed by atoms with E-state index in [2.05, 4.69) is 5.32 Å². The van der Waals surface area contributed by atoms with E-state index in [4.69, 9.17) is 4.74 Å². The van der Waals surface area contributed by atoms with E-state index in [-0.39, 0.29) is 30.1 Å². The average Bonchev–Trinajstić information content (AvgIpc) is 2.69. The van der Waals surface area contributed by atoms with Crippen molar-refractivity contribution in [2.24, 2.45) is 0 Å². The van der Waals surface area contributed by atoms with Crippen LogP contribution in [0.4, 0.5) is 4.39 Å². The van der Waals surface area contributed by atoms with Gasteiger partial charge in [0, 0.05) is 31.6 Å². The van der Waals surface area contributed by atoms with Crippen molar-refractivity contribution in [2.45, 2.75) is 32.2 Å². The summed E-state index contributed by atoms with van der Waals surface area (Å²) in [6.45, 7) is 2.31. The molecular weight excluding hydrogens is 375 g/mol. The van der Waals surface area contributed by atoms with Gasteiger partial charge in [-0.15, -0.1) is 0 Å². The summed E-state index contributed by atoms with van der Waals surface area (Å²) in [6, 6.07) is 12.7. The monoisotopic (exact) mass is 398 g/mol. The molecule has 1 N–H and O–H groups in total. The molecule has 29 heavy (non-hydrogen) atoms. The zero-order valence-corrected chi connectivity index (χ0v) is 16.2. The van der Waals surface area contributed by atoms with Gasteiger partial charge in [-0.25, -0.2) is 4.39 Å². The van der Waals surface area contributed by atoms with E-state index in [0.29, 0.717) is 42.8 Å². The number of carbonyl (C=O) groups is 3. The van der Waals surface area contributed by atoms with Crippen LogP contribution in [-0.2, 0) is 16.0 Å². The third-order valence-electron chi connectivity index (χ3n) is 4.80. The molecule has 2 aromatic rings. The molecule has 0 bridgehead atoms. The van der Waals surface area contributed by atoms with Gasteiger partial charge in [0.05, 0.1) is 6.42 Å². The number of rotatable bonds is 5. The second-order valence-electron chi connectivity index (χ2n) is 7.02. The van der Waals surface area contributed by atoms with Gasteiger partial charge >= 0.3 is 5.97 Å². The number of carbonyl (C=O) groups excluding carboxylic acids is 3. The summed E-state index contributed by atoms with van der Waals surface area (Å²) in [5.74, 6) is -0.872. The van der Waals surface area contributed by atoms with Crippen LogP contribution < -0.4 is 10.1 Å². The molecule has 7 heteroatoms. The molecule has 1 saturated heterocycles. The molecule has 0 aromatic heterocycles.